The lowest BCUT2D eigenvalue weighted by molar-refractivity contribution is -0.120. The number of anilines is 1. The summed E-state index contributed by atoms with van der Waals surface area (Å²) in [5.74, 6) is 0.0641. The van der Waals surface area contributed by atoms with Gasteiger partial charge in [-0.1, -0.05) is 17.7 Å². The van der Waals surface area contributed by atoms with E-state index in [1.807, 2.05) is 45.9 Å². The van der Waals surface area contributed by atoms with Crippen LogP contribution in [0.3, 0.4) is 0 Å². The molecule has 1 aromatic rings. The molecule has 0 radical (unpaired) electrons. The Labute approximate surface area is 166 Å². The fourth-order valence-corrected chi connectivity index (χ4v) is 3.89. The van der Waals surface area contributed by atoms with Crippen LogP contribution in [0.4, 0.5) is 10.5 Å². The van der Waals surface area contributed by atoms with Gasteiger partial charge in [-0.3, -0.25) is 9.69 Å². The predicted molar refractivity (Wildman–Crippen MR) is 106 cm³/mol. The van der Waals surface area contributed by atoms with Crippen LogP contribution >= 0.6 is 11.6 Å². The highest BCUT2D eigenvalue weighted by Crippen LogP contribution is 2.31. The molecule has 0 N–H and O–H groups in total. The summed E-state index contributed by atoms with van der Waals surface area (Å²) in [4.78, 5) is 30.9. The Hall–Kier alpha value is -1.79. The molecule has 1 saturated heterocycles. The van der Waals surface area contributed by atoms with Crippen molar-refractivity contribution in [1.82, 2.24) is 9.80 Å². The highest BCUT2D eigenvalue weighted by atomic mass is 35.5. The van der Waals surface area contributed by atoms with Crippen molar-refractivity contribution in [2.24, 2.45) is 0 Å². The summed E-state index contributed by atoms with van der Waals surface area (Å²) < 4.78 is 5.49. The molecule has 2 heterocycles. The minimum atomic E-state index is -0.506. The monoisotopic (exact) mass is 393 g/mol. The number of hydrogen-bond acceptors (Lipinski definition) is 4. The lowest BCUT2D eigenvalue weighted by atomic mass is 10.1. The van der Waals surface area contributed by atoms with Gasteiger partial charge in [-0.2, -0.15) is 0 Å². The Morgan fingerprint density at radius 2 is 2.04 bits per heavy atom. The molecule has 2 amide bonds. The van der Waals surface area contributed by atoms with Crippen molar-refractivity contribution in [3.63, 3.8) is 0 Å². The molecule has 148 valence electrons. The molecular formula is C20H28ClN3O3. The number of likely N-dealkylation sites (N-methyl/N-ethyl adjacent to an activating group) is 1. The van der Waals surface area contributed by atoms with Crippen LogP contribution in [0.25, 0.3) is 0 Å². The summed E-state index contributed by atoms with van der Waals surface area (Å²) in [6.07, 6.45) is 0.551. The van der Waals surface area contributed by atoms with Gasteiger partial charge in [0.2, 0.25) is 5.91 Å². The van der Waals surface area contributed by atoms with Crippen LogP contribution < -0.4 is 4.90 Å². The number of benzene rings is 1. The summed E-state index contributed by atoms with van der Waals surface area (Å²) in [6, 6.07) is 5.86. The fraction of sp³-hybridized carbons (Fsp3) is 0.600. The molecule has 3 rings (SSSR count). The zero-order valence-electron chi connectivity index (χ0n) is 16.5. The number of rotatable bonds is 2. The summed E-state index contributed by atoms with van der Waals surface area (Å²) >= 11 is 6.16. The second-order valence-corrected chi connectivity index (χ2v) is 8.62. The van der Waals surface area contributed by atoms with E-state index in [1.54, 1.807) is 9.80 Å². The first-order valence-electron chi connectivity index (χ1n) is 9.48. The van der Waals surface area contributed by atoms with E-state index in [-0.39, 0.29) is 18.0 Å². The number of carbonyl (C=O) groups excluding carboxylic acids is 2. The molecule has 1 atom stereocenters. The molecule has 7 heteroatoms. The Morgan fingerprint density at radius 1 is 1.30 bits per heavy atom. The highest BCUT2D eigenvalue weighted by Gasteiger charge is 2.36. The molecule has 1 aromatic carbocycles. The number of amides is 2. The van der Waals surface area contributed by atoms with Gasteiger partial charge in [0, 0.05) is 42.9 Å². The predicted octanol–water partition coefficient (Wildman–Crippen LogP) is 3.52. The van der Waals surface area contributed by atoms with E-state index in [2.05, 4.69) is 4.90 Å². The van der Waals surface area contributed by atoms with Crippen LogP contribution in [0.1, 0.15) is 39.7 Å². The van der Waals surface area contributed by atoms with Crippen LogP contribution in [0.5, 0.6) is 0 Å². The smallest absolute Gasteiger partial charge is 0.410 e. The molecule has 0 saturated carbocycles. The van der Waals surface area contributed by atoms with Gasteiger partial charge >= 0.3 is 6.09 Å². The Bertz CT molecular complexity index is 732. The zero-order chi connectivity index (χ0) is 19.8. The SMILES string of the molecule is CCN1C(=O)CN(C2CCN(C(=O)OC(C)(C)C)C2)Cc2ccc(Cl)cc21. The first kappa shape index (κ1) is 20.0. The van der Waals surface area contributed by atoms with Gasteiger partial charge in [-0.15, -0.1) is 0 Å². The number of hydrogen-bond donors (Lipinski definition) is 0. The quantitative estimate of drug-likeness (QED) is 0.771. The minimum absolute atomic E-state index is 0.0641. The van der Waals surface area contributed by atoms with Crippen LogP contribution in [-0.2, 0) is 16.1 Å². The average molecular weight is 394 g/mol. The normalized spacial score (nSPS) is 21.2. The lowest BCUT2D eigenvalue weighted by Gasteiger charge is -2.28. The number of ether oxygens (including phenoxy) is 1. The maximum atomic E-state index is 12.8. The van der Waals surface area contributed by atoms with E-state index in [1.165, 1.54) is 0 Å². The van der Waals surface area contributed by atoms with E-state index >= 15 is 0 Å². The maximum absolute atomic E-state index is 12.8. The van der Waals surface area contributed by atoms with E-state index in [0.717, 1.165) is 17.7 Å². The van der Waals surface area contributed by atoms with Gasteiger partial charge in [0.15, 0.2) is 0 Å². The van der Waals surface area contributed by atoms with Gasteiger partial charge in [0.1, 0.15) is 5.60 Å². The standard InChI is InChI=1S/C20H28ClN3O3/c1-5-24-17-10-15(21)7-6-14(17)11-23(13-18(24)25)16-8-9-22(12-16)19(26)27-20(2,3)4/h6-7,10,16H,5,8-9,11-13H2,1-4H3. The maximum Gasteiger partial charge on any atom is 0.410 e. The molecule has 27 heavy (non-hydrogen) atoms. The largest absolute Gasteiger partial charge is 0.444 e. The molecule has 0 spiro atoms. The highest BCUT2D eigenvalue weighted by molar-refractivity contribution is 6.31. The summed E-state index contributed by atoms with van der Waals surface area (Å²) in [5, 5.41) is 0.630. The Morgan fingerprint density at radius 3 is 2.70 bits per heavy atom. The average Bonchev–Trinajstić information content (AvgIpc) is 3.00. The van der Waals surface area contributed by atoms with Gasteiger partial charge in [0.05, 0.1) is 6.54 Å². The molecule has 1 unspecified atom stereocenters. The second kappa shape index (κ2) is 7.68. The summed E-state index contributed by atoms with van der Waals surface area (Å²) in [6.45, 7) is 10.4. The van der Waals surface area contributed by atoms with Crippen molar-refractivity contribution < 1.29 is 14.3 Å². The molecule has 1 fully saturated rings. The molecule has 0 aromatic heterocycles. The second-order valence-electron chi connectivity index (χ2n) is 8.18. The summed E-state index contributed by atoms with van der Waals surface area (Å²) in [5.41, 5.74) is 1.47. The van der Waals surface area contributed by atoms with Gasteiger partial charge < -0.3 is 14.5 Å². The van der Waals surface area contributed by atoms with Gasteiger partial charge in [-0.05, 0) is 51.8 Å². The van der Waals surface area contributed by atoms with Crippen molar-refractivity contribution in [1.29, 1.82) is 0 Å². The van der Waals surface area contributed by atoms with E-state index in [4.69, 9.17) is 16.3 Å². The third-order valence-electron chi connectivity index (χ3n) is 5.00. The van der Waals surface area contributed by atoms with Crippen molar-refractivity contribution >= 4 is 29.3 Å². The van der Waals surface area contributed by atoms with Crippen molar-refractivity contribution in [3.8, 4) is 0 Å². The molecule has 0 aliphatic carbocycles. The van der Waals surface area contributed by atoms with E-state index in [0.29, 0.717) is 37.7 Å². The molecule has 0 bridgehead atoms. The van der Waals surface area contributed by atoms with Crippen LogP contribution in [0, 0.1) is 0 Å². The molecule has 2 aliphatic rings. The van der Waals surface area contributed by atoms with Crippen molar-refractivity contribution in [2.75, 3.05) is 31.1 Å². The Kier molecular flexibility index (Phi) is 5.68. The minimum Gasteiger partial charge on any atom is -0.444 e. The van der Waals surface area contributed by atoms with Crippen molar-refractivity contribution in [3.05, 3.63) is 28.8 Å². The van der Waals surface area contributed by atoms with E-state index < -0.39 is 5.60 Å². The van der Waals surface area contributed by atoms with Crippen LogP contribution in [0.15, 0.2) is 18.2 Å². The van der Waals surface area contributed by atoms with E-state index in [9.17, 15) is 9.59 Å². The van der Waals surface area contributed by atoms with Gasteiger partial charge in [-0.25, -0.2) is 4.79 Å². The molecule has 6 nitrogen and oxygen atoms in total. The zero-order valence-corrected chi connectivity index (χ0v) is 17.3. The topological polar surface area (TPSA) is 53.1 Å². The molecule has 2 aliphatic heterocycles. The third-order valence-corrected chi connectivity index (χ3v) is 5.23. The number of fused-ring (bicyclic) bond motifs is 1. The number of likely N-dealkylation sites (tertiary alicyclic amines) is 1. The van der Waals surface area contributed by atoms with Crippen LogP contribution in [-0.4, -0.2) is 59.6 Å². The fourth-order valence-electron chi connectivity index (χ4n) is 3.73. The number of nitrogens with zero attached hydrogens (tertiary/aromatic N) is 3. The van der Waals surface area contributed by atoms with Gasteiger partial charge in [0.25, 0.3) is 0 Å². The van der Waals surface area contributed by atoms with Crippen LogP contribution in [0.2, 0.25) is 5.02 Å². The summed E-state index contributed by atoms with van der Waals surface area (Å²) in [7, 11) is 0. The number of halogens is 1. The third kappa shape index (κ3) is 4.55. The molecular weight excluding hydrogens is 366 g/mol. The first-order valence-corrected chi connectivity index (χ1v) is 9.86. The number of carbonyl (C=O) groups is 2. The first-order chi connectivity index (χ1) is 12.7. The Balaban J connectivity index is 1.76. The van der Waals surface area contributed by atoms with Crippen molar-refractivity contribution in [2.45, 2.75) is 52.3 Å². The lowest BCUT2D eigenvalue weighted by Crippen LogP contribution is -2.44.